The van der Waals surface area contributed by atoms with Crippen molar-refractivity contribution >= 4 is 27.7 Å². The normalized spacial score (nSPS) is 9.82. The SMILES string of the molecule is CNC(=O)CCNC(=O)c1c(F)cccc1Br. The summed E-state index contributed by atoms with van der Waals surface area (Å²) < 4.78 is 13.8. The highest BCUT2D eigenvalue weighted by Crippen LogP contribution is 2.19. The summed E-state index contributed by atoms with van der Waals surface area (Å²) in [5.41, 5.74) is -0.0515. The fraction of sp³-hybridized carbons (Fsp3) is 0.273. The highest BCUT2D eigenvalue weighted by Gasteiger charge is 2.14. The van der Waals surface area contributed by atoms with Crippen LogP contribution in [-0.2, 0) is 4.79 Å². The second kappa shape index (κ2) is 6.34. The lowest BCUT2D eigenvalue weighted by Gasteiger charge is -2.07. The molecule has 0 heterocycles. The molecule has 0 aliphatic rings. The van der Waals surface area contributed by atoms with Gasteiger partial charge in [0.15, 0.2) is 0 Å². The zero-order chi connectivity index (χ0) is 12.8. The summed E-state index contributed by atoms with van der Waals surface area (Å²) in [6.45, 7) is 0.166. The Labute approximate surface area is 107 Å². The lowest BCUT2D eigenvalue weighted by atomic mass is 10.2. The van der Waals surface area contributed by atoms with Gasteiger partial charge in [-0.3, -0.25) is 9.59 Å². The molecular weight excluding hydrogens is 291 g/mol. The molecule has 0 fully saturated rings. The van der Waals surface area contributed by atoms with Crippen molar-refractivity contribution in [3.05, 3.63) is 34.1 Å². The van der Waals surface area contributed by atoms with Gasteiger partial charge in [-0.15, -0.1) is 0 Å². The lowest BCUT2D eigenvalue weighted by Crippen LogP contribution is -2.29. The summed E-state index contributed by atoms with van der Waals surface area (Å²) >= 11 is 3.10. The fourth-order valence-electron chi connectivity index (χ4n) is 1.22. The zero-order valence-electron chi connectivity index (χ0n) is 9.22. The molecule has 0 aliphatic heterocycles. The molecule has 0 aliphatic carbocycles. The number of benzene rings is 1. The second-order valence-corrected chi connectivity index (χ2v) is 4.13. The number of carbonyl (C=O) groups excluding carboxylic acids is 2. The van der Waals surface area contributed by atoms with Gasteiger partial charge in [0.1, 0.15) is 5.82 Å². The van der Waals surface area contributed by atoms with E-state index in [1.165, 1.54) is 19.2 Å². The number of rotatable bonds is 4. The van der Waals surface area contributed by atoms with E-state index >= 15 is 0 Å². The van der Waals surface area contributed by atoms with E-state index in [-0.39, 0.29) is 24.4 Å². The van der Waals surface area contributed by atoms with E-state index in [1.54, 1.807) is 6.07 Å². The minimum Gasteiger partial charge on any atom is -0.359 e. The van der Waals surface area contributed by atoms with Crippen molar-refractivity contribution in [1.82, 2.24) is 10.6 Å². The largest absolute Gasteiger partial charge is 0.359 e. The molecule has 2 N–H and O–H groups in total. The summed E-state index contributed by atoms with van der Waals surface area (Å²) in [4.78, 5) is 22.6. The molecule has 17 heavy (non-hydrogen) atoms. The summed E-state index contributed by atoms with van der Waals surface area (Å²) in [5, 5.41) is 4.90. The van der Waals surface area contributed by atoms with E-state index in [4.69, 9.17) is 0 Å². The second-order valence-electron chi connectivity index (χ2n) is 3.28. The Kier molecular flexibility index (Phi) is 5.09. The molecule has 0 saturated heterocycles. The van der Waals surface area contributed by atoms with Crippen molar-refractivity contribution in [3.63, 3.8) is 0 Å². The molecule has 0 bridgehead atoms. The van der Waals surface area contributed by atoms with E-state index < -0.39 is 11.7 Å². The Morgan fingerprint density at radius 1 is 1.41 bits per heavy atom. The molecule has 1 rings (SSSR count). The van der Waals surface area contributed by atoms with Crippen LogP contribution in [0, 0.1) is 5.82 Å². The molecular formula is C11H12BrFN2O2. The van der Waals surface area contributed by atoms with Gasteiger partial charge >= 0.3 is 0 Å². The molecule has 6 heteroatoms. The highest BCUT2D eigenvalue weighted by molar-refractivity contribution is 9.10. The van der Waals surface area contributed by atoms with Gasteiger partial charge in [-0.05, 0) is 28.1 Å². The topological polar surface area (TPSA) is 58.2 Å². The molecule has 0 aromatic heterocycles. The number of halogens is 2. The standard InChI is InChI=1S/C11H12BrFN2O2/c1-14-9(16)5-6-15-11(17)10-7(12)3-2-4-8(10)13/h2-4H,5-6H2,1H3,(H,14,16)(H,15,17). The maximum Gasteiger partial charge on any atom is 0.255 e. The van der Waals surface area contributed by atoms with Gasteiger partial charge < -0.3 is 10.6 Å². The van der Waals surface area contributed by atoms with Crippen LogP contribution in [0.5, 0.6) is 0 Å². The monoisotopic (exact) mass is 302 g/mol. The molecule has 0 radical (unpaired) electrons. The van der Waals surface area contributed by atoms with Gasteiger partial charge in [-0.1, -0.05) is 6.07 Å². The third-order valence-electron chi connectivity index (χ3n) is 2.11. The Hall–Kier alpha value is -1.43. The van der Waals surface area contributed by atoms with E-state index in [9.17, 15) is 14.0 Å². The van der Waals surface area contributed by atoms with Gasteiger partial charge in [0.25, 0.3) is 5.91 Å². The smallest absolute Gasteiger partial charge is 0.255 e. The van der Waals surface area contributed by atoms with Crippen molar-refractivity contribution in [3.8, 4) is 0 Å². The molecule has 0 atom stereocenters. The van der Waals surface area contributed by atoms with Crippen LogP contribution in [0.3, 0.4) is 0 Å². The minimum absolute atomic E-state index is 0.0515. The van der Waals surface area contributed by atoms with Crippen molar-refractivity contribution in [2.45, 2.75) is 6.42 Å². The first-order valence-corrected chi connectivity index (χ1v) is 5.78. The van der Waals surface area contributed by atoms with Crippen LogP contribution < -0.4 is 10.6 Å². The van der Waals surface area contributed by atoms with Gasteiger partial charge in [0.2, 0.25) is 5.91 Å². The predicted molar refractivity (Wildman–Crippen MR) is 65.1 cm³/mol. The number of hydrogen-bond donors (Lipinski definition) is 2. The van der Waals surface area contributed by atoms with Crippen LogP contribution in [0.4, 0.5) is 4.39 Å². The molecule has 1 aromatic rings. The number of carbonyl (C=O) groups is 2. The molecule has 92 valence electrons. The number of nitrogens with one attached hydrogen (secondary N) is 2. The quantitative estimate of drug-likeness (QED) is 0.884. The van der Waals surface area contributed by atoms with Gasteiger partial charge in [0.05, 0.1) is 5.56 Å². The summed E-state index contributed by atoms with van der Waals surface area (Å²) in [6, 6.07) is 4.29. The minimum atomic E-state index is -0.600. The van der Waals surface area contributed by atoms with Gasteiger partial charge in [-0.25, -0.2) is 4.39 Å². The van der Waals surface area contributed by atoms with Crippen LogP contribution in [0.25, 0.3) is 0 Å². The third-order valence-corrected chi connectivity index (χ3v) is 2.77. The fourth-order valence-corrected chi connectivity index (χ4v) is 1.74. The maximum atomic E-state index is 13.4. The molecule has 4 nitrogen and oxygen atoms in total. The zero-order valence-corrected chi connectivity index (χ0v) is 10.8. The van der Waals surface area contributed by atoms with Crippen LogP contribution >= 0.6 is 15.9 Å². The molecule has 0 spiro atoms. The highest BCUT2D eigenvalue weighted by atomic mass is 79.9. The van der Waals surface area contributed by atoms with Gasteiger partial charge in [-0.2, -0.15) is 0 Å². The predicted octanol–water partition coefficient (Wildman–Crippen LogP) is 1.45. The van der Waals surface area contributed by atoms with Crippen molar-refractivity contribution in [2.24, 2.45) is 0 Å². The Morgan fingerprint density at radius 3 is 2.71 bits per heavy atom. The van der Waals surface area contributed by atoms with Crippen molar-refractivity contribution in [2.75, 3.05) is 13.6 Å². The Balaban J connectivity index is 2.61. The Morgan fingerprint density at radius 2 is 2.12 bits per heavy atom. The molecule has 0 unspecified atom stereocenters. The summed E-state index contributed by atoms with van der Waals surface area (Å²) in [7, 11) is 1.51. The Bertz CT molecular complexity index is 417. The lowest BCUT2D eigenvalue weighted by molar-refractivity contribution is -0.120. The van der Waals surface area contributed by atoms with Crippen molar-refractivity contribution in [1.29, 1.82) is 0 Å². The van der Waals surface area contributed by atoms with Crippen LogP contribution in [0.1, 0.15) is 16.8 Å². The number of amides is 2. The summed E-state index contributed by atoms with van der Waals surface area (Å²) in [6.07, 6.45) is 0.161. The van der Waals surface area contributed by atoms with E-state index in [0.717, 1.165) is 0 Å². The van der Waals surface area contributed by atoms with E-state index in [1.807, 2.05) is 0 Å². The molecule has 0 saturated carbocycles. The van der Waals surface area contributed by atoms with E-state index in [2.05, 4.69) is 26.6 Å². The molecule has 2 amide bonds. The average molecular weight is 303 g/mol. The third kappa shape index (κ3) is 3.81. The van der Waals surface area contributed by atoms with Crippen LogP contribution in [0.2, 0.25) is 0 Å². The van der Waals surface area contributed by atoms with Crippen molar-refractivity contribution < 1.29 is 14.0 Å². The van der Waals surface area contributed by atoms with Crippen LogP contribution in [-0.4, -0.2) is 25.4 Å². The maximum absolute atomic E-state index is 13.4. The number of hydrogen-bond acceptors (Lipinski definition) is 2. The van der Waals surface area contributed by atoms with Gasteiger partial charge in [0, 0.05) is 24.5 Å². The molecule has 1 aromatic carbocycles. The summed E-state index contributed by atoms with van der Waals surface area (Å²) in [5.74, 6) is -1.33. The first-order chi connectivity index (χ1) is 8.06. The van der Waals surface area contributed by atoms with E-state index in [0.29, 0.717) is 4.47 Å². The van der Waals surface area contributed by atoms with Crippen LogP contribution in [0.15, 0.2) is 22.7 Å². The first-order valence-electron chi connectivity index (χ1n) is 4.99. The first kappa shape index (κ1) is 13.6. The average Bonchev–Trinajstić information content (AvgIpc) is 2.28.